The number of fused-ring (bicyclic) bond motifs is 1. The lowest BCUT2D eigenvalue weighted by Gasteiger charge is -1.92. The number of aromatic carboxylic acids is 1. The van der Waals surface area contributed by atoms with Crippen LogP contribution in [0.25, 0.3) is 11.1 Å². The van der Waals surface area contributed by atoms with Crippen molar-refractivity contribution in [2.24, 2.45) is 0 Å². The van der Waals surface area contributed by atoms with Gasteiger partial charge in [-0.2, -0.15) is 0 Å². The fourth-order valence-electron chi connectivity index (χ4n) is 1.36. The number of carboxylic acids is 1. The smallest absolute Gasteiger partial charge is 0.335 e. The van der Waals surface area contributed by atoms with Crippen molar-refractivity contribution in [3.63, 3.8) is 0 Å². The van der Waals surface area contributed by atoms with Crippen LogP contribution >= 0.6 is 0 Å². The molecule has 1 heterocycles. The molecule has 1 aromatic heterocycles. The van der Waals surface area contributed by atoms with Gasteiger partial charge in [0.2, 0.25) is 5.89 Å². The van der Waals surface area contributed by atoms with Gasteiger partial charge in [0.1, 0.15) is 12.1 Å². The van der Waals surface area contributed by atoms with Crippen LogP contribution in [0.5, 0.6) is 0 Å². The third-order valence-corrected chi connectivity index (χ3v) is 2.11. The zero-order valence-corrected chi connectivity index (χ0v) is 8.77. The Morgan fingerprint density at radius 2 is 2.38 bits per heavy atom. The van der Waals surface area contributed by atoms with Gasteiger partial charge in [0.15, 0.2) is 5.58 Å². The largest absolute Gasteiger partial charge is 0.478 e. The van der Waals surface area contributed by atoms with Gasteiger partial charge in [-0.1, -0.05) is 0 Å². The number of benzene rings is 1. The molecule has 5 nitrogen and oxygen atoms in total. The van der Waals surface area contributed by atoms with Crippen LogP contribution in [-0.2, 0) is 11.3 Å². The summed E-state index contributed by atoms with van der Waals surface area (Å²) in [6.45, 7) is 2.76. The predicted molar refractivity (Wildman–Crippen MR) is 56.3 cm³/mol. The number of ether oxygens (including phenoxy) is 1. The Hall–Kier alpha value is -1.88. The number of rotatable bonds is 4. The summed E-state index contributed by atoms with van der Waals surface area (Å²) in [5, 5.41) is 8.81. The second kappa shape index (κ2) is 4.32. The summed E-state index contributed by atoms with van der Waals surface area (Å²) in [5.41, 5.74) is 1.30. The molecule has 0 aliphatic carbocycles. The summed E-state index contributed by atoms with van der Waals surface area (Å²) in [6, 6.07) is 4.57. The molecule has 0 saturated carbocycles. The Bertz CT molecular complexity index is 518. The molecule has 0 aliphatic rings. The molecular weight excluding hydrogens is 210 g/mol. The first-order valence-electron chi connectivity index (χ1n) is 4.91. The van der Waals surface area contributed by atoms with Gasteiger partial charge in [0.05, 0.1) is 5.56 Å². The zero-order chi connectivity index (χ0) is 11.5. The molecular formula is C11H11NO4. The lowest BCUT2D eigenvalue weighted by molar-refractivity contribution is 0.0697. The fraction of sp³-hybridized carbons (Fsp3) is 0.273. The fourth-order valence-corrected chi connectivity index (χ4v) is 1.36. The first-order valence-corrected chi connectivity index (χ1v) is 4.91. The van der Waals surface area contributed by atoms with E-state index in [1.165, 1.54) is 12.1 Å². The van der Waals surface area contributed by atoms with Crippen molar-refractivity contribution in [3.8, 4) is 0 Å². The lowest BCUT2D eigenvalue weighted by Crippen LogP contribution is -1.94. The molecule has 0 saturated heterocycles. The second-order valence-electron chi connectivity index (χ2n) is 3.23. The summed E-state index contributed by atoms with van der Waals surface area (Å²) in [7, 11) is 0. The van der Waals surface area contributed by atoms with Crippen LogP contribution < -0.4 is 0 Å². The quantitative estimate of drug-likeness (QED) is 0.855. The van der Waals surface area contributed by atoms with Crippen molar-refractivity contribution in [2.75, 3.05) is 6.61 Å². The molecule has 0 aliphatic heterocycles. The molecule has 0 spiro atoms. The summed E-state index contributed by atoms with van der Waals surface area (Å²) >= 11 is 0. The molecule has 0 radical (unpaired) electrons. The highest BCUT2D eigenvalue weighted by Crippen LogP contribution is 2.17. The highest BCUT2D eigenvalue weighted by molar-refractivity contribution is 5.91. The van der Waals surface area contributed by atoms with Crippen LogP contribution in [0, 0.1) is 0 Å². The highest BCUT2D eigenvalue weighted by atomic mass is 16.5. The SMILES string of the molecule is CCOCc1nc2cc(C(=O)O)ccc2o1. The van der Waals surface area contributed by atoms with Crippen molar-refractivity contribution >= 4 is 17.1 Å². The number of nitrogens with zero attached hydrogens (tertiary/aromatic N) is 1. The van der Waals surface area contributed by atoms with Gasteiger partial charge in [0, 0.05) is 6.61 Å². The normalized spacial score (nSPS) is 10.8. The molecule has 84 valence electrons. The van der Waals surface area contributed by atoms with E-state index in [2.05, 4.69) is 4.98 Å². The van der Waals surface area contributed by atoms with E-state index in [0.717, 1.165) is 0 Å². The minimum Gasteiger partial charge on any atom is -0.478 e. The number of carbonyl (C=O) groups is 1. The molecule has 1 aromatic carbocycles. The second-order valence-corrected chi connectivity index (χ2v) is 3.23. The first-order chi connectivity index (χ1) is 7.70. The Morgan fingerprint density at radius 3 is 3.06 bits per heavy atom. The van der Waals surface area contributed by atoms with Gasteiger partial charge in [-0.15, -0.1) is 0 Å². The van der Waals surface area contributed by atoms with Crippen LogP contribution in [0.1, 0.15) is 23.2 Å². The van der Waals surface area contributed by atoms with E-state index in [1.807, 2.05) is 6.92 Å². The number of hydrogen-bond acceptors (Lipinski definition) is 4. The average molecular weight is 221 g/mol. The monoisotopic (exact) mass is 221 g/mol. The third-order valence-electron chi connectivity index (χ3n) is 2.11. The van der Waals surface area contributed by atoms with Gasteiger partial charge in [-0.3, -0.25) is 0 Å². The molecule has 0 amide bonds. The summed E-state index contributed by atoms with van der Waals surface area (Å²) in [6.07, 6.45) is 0. The van der Waals surface area contributed by atoms with Crippen LogP contribution in [-0.4, -0.2) is 22.7 Å². The van der Waals surface area contributed by atoms with Crippen LogP contribution in [0.3, 0.4) is 0 Å². The van der Waals surface area contributed by atoms with Crippen LogP contribution in [0.4, 0.5) is 0 Å². The summed E-state index contributed by atoms with van der Waals surface area (Å²) in [5.74, 6) is -0.518. The standard InChI is InChI=1S/C11H11NO4/c1-2-15-6-10-12-8-5-7(11(13)14)3-4-9(8)16-10/h3-5H,2,6H2,1H3,(H,13,14). The molecule has 0 atom stereocenters. The van der Waals surface area contributed by atoms with Gasteiger partial charge < -0.3 is 14.3 Å². The molecule has 16 heavy (non-hydrogen) atoms. The molecule has 0 fully saturated rings. The number of oxazole rings is 1. The minimum absolute atomic E-state index is 0.198. The maximum Gasteiger partial charge on any atom is 0.335 e. The molecule has 0 bridgehead atoms. The van der Waals surface area contributed by atoms with E-state index in [1.54, 1.807) is 6.07 Å². The maximum atomic E-state index is 10.7. The van der Waals surface area contributed by atoms with Crippen molar-refractivity contribution in [2.45, 2.75) is 13.5 Å². The van der Waals surface area contributed by atoms with Crippen molar-refractivity contribution in [1.82, 2.24) is 4.98 Å². The van der Waals surface area contributed by atoms with E-state index in [9.17, 15) is 4.79 Å². The number of hydrogen-bond donors (Lipinski definition) is 1. The summed E-state index contributed by atoms with van der Waals surface area (Å²) < 4.78 is 10.5. The number of carboxylic acid groups (broad SMARTS) is 1. The lowest BCUT2D eigenvalue weighted by atomic mass is 10.2. The Kier molecular flexibility index (Phi) is 2.87. The summed E-state index contributed by atoms with van der Waals surface area (Å²) in [4.78, 5) is 14.9. The molecule has 1 N–H and O–H groups in total. The zero-order valence-electron chi connectivity index (χ0n) is 8.77. The van der Waals surface area contributed by atoms with Crippen LogP contribution in [0.15, 0.2) is 22.6 Å². The van der Waals surface area contributed by atoms with Gasteiger partial charge >= 0.3 is 5.97 Å². The molecule has 0 unspecified atom stereocenters. The van der Waals surface area contributed by atoms with Crippen LogP contribution in [0.2, 0.25) is 0 Å². The van der Waals surface area contributed by atoms with Gasteiger partial charge in [-0.05, 0) is 25.1 Å². The Labute approximate surface area is 91.7 Å². The Balaban J connectivity index is 2.34. The predicted octanol–water partition coefficient (Wildman–Crippen LogP) is 2.06. The van der Waals surface area contributed by atoms with E-state index < -0.39 is 5.97 Å². The average Bonchev–Trinajstić information content (AvgIpc) is 2.67. The van der Waals surface area contributed by atoms with E-state index in [0.29, 0.717) is 30.2 Å². The van der Waals surface area contributed by atoms with Crippen molar-refractivity contribution < 1.29 is 19.1 Å². The number of aromatic nitrogens is 1. The maximum absolute atomic E-state index is 10.7. The molecule has 2 aromatic rings. The van der Waals surface area contributed by atoms with Gasteiger partial charge in [-0.25, -0.2) is 9.78 Å². The van der Waals surface area contributed by atoms with E-state index in [4.69, 9.17) is 14.3 Å². The van der Waals surface area contributed by atoms with E-state index >= 15 is 0 Å². The first kappa shape index (κ1) is 10.6. The molecule has 2 rings (SSSR count). The molecule has 5 heteroatoms. The highest BCUT2D eigenvalue weighted by Gasteiger charge is 2.09. The third kappa shape index (κ3) is 2.04. The van der Waals surface area contributed by atoms with Crippen molar-refractivity contribution in [3.05, 3.63) is 29.7 Å². The topological polar surface area (TPSA) is 72.6 Å². The van der Waals surface area contributed by atoms with E-state index in [-0.39, 0.29) is 5.56 Å². The van der Waals surface area contributed by atoms with Crippen molar-refractivity contribution in [1.29, 1.82) is 0 Å². The minimum atomic E-state index is -0.976. The Morgan fingerprint density at radius 1 is 1.56 bits per heavy atom. The van der Waals surface area contributed by atoms with Gasteiger partial charge in [0.25, 0.3) is 0 Å².